The van der Waals surface area contributed by atoms with Crippen LogP contribution in [0.1, 0.15) is 26.7 Å². The van der Waals surface area contributed by atoms with Gasteiger partial charge in [-0.25, -0.2) is 0 Å². The van der Waals surface area contributed by atoms with Gasteiger partial charge in [0.2, 0.25) is 0 Å². The van der Waals surface area contributed by atoms with Crippen molar-refractivity contribution in [3.63, 3.8) is 0 Å². The van der Waals surface area contributed by atoms with Crippen molar-refractivity contribution in [2.24, 2.45) is 0 Å². The van der Waals surface area contributed by atoms with Gasteiger partial charge in [-0.1, -0.05) is 6.92 Å². The minimum absolute atomic E-state index is 0.313. The number of carboxylic acid groups (broad SMARTS) is 1. The Morgan fingerprint density at radius 2 is 2.20 bits per heavy atom. The lowest BCUT2D eigenvalue weighted by molar-refractivity contribution is -0.144. The molecule has 1 saturated heterocycles. The Labute approximate surface area is 91.9 Å². The standard InChI is InChI=1S/C11H22N2O2/c1-4-10(11(14)15)13-7-5-6-12(3)8-9(13)2/h9-10H,4-8H2,1-3H3,(H,14,15). The van der Waals surface area contributed by atoms with E-state index in [9.17, 15) is 4.79 Å². The minimum Gasteiger partial charge on any atom is -0.480 e. The summed E-state index contributed by atoms with van der Waals surface area (Å²) >= 11 is 0. The number of nitrogens with zero attached hydrogens (tertiary/aromatic N) is 2. The topological polar surface area (TPSA) is 43.8 Å². The summed E-state index contributed by atoms with van der Waals surface area (Å²) in [5.74, 6) is -0.686. The van der Waals surface area contributed by atoms with Crippen molar-refractivity contribution in [2.45, 2.75) is 38.8 Å². The van der Waals surface area contributed by atoms with Crippen LogP contribution in [0.3, 0.4) is 0 Å². The quantitative estimate of drug-likeness (QED) is 0.757. The van der Waals surface area contributed by atoms with Crippen LogP contribution in [0, 0.1) is 0 Å². The van der Waals surface area contributed by atoms with E-state index in [0.717, 1.165) is 26.1 Å². The van der Waals surface area contributed by atoms with Crippen molar-refractivity contribution in [3.8, 4) is 0 Å². The molecule has 4 nitrogen and oxygen atoms in total. The summed E-state index contributed by atoms with van der Waals surface area (Å²) in [5, 5.41) is 9.15. The molecule has 0 saturated carbocycles. The SMILES string of the molecule is CCC(C(=O)O)N1CCCN(C)CC1C. The molecule has 1 N–H and O–H groups in total. The van der Waals surface area contributed by atoms with Crippen molar-refractivity contribution in [1.29, 1.82) is 0 Å². The number of hydrogen-bond donors (Lipinski definition) is 1. The number of hydrogen-bond acceptors (Lipinski definition) is 3. The molecule has 15 heavy (non-hydrogen) atoms. The van der Waals surface area contributed by atoms with Gasteiger partial charge in [0.1, 0.15) is 6.04 Å². The second kappa shape index (κ2) is 5.47. The maximum Gasteiger partial charge on any atom is 0.320 e. The van der Waals surface area contributed by atoms with Gasteiger partial charge in [0.05, 0.1) is 0 Å². The highest BCUT2D eigenvalue weighted by Gasteiger charge is 2.29. The minimum atomic E-state index is -0.686. The van der Waals surface area contributed by atoms with Crippen LogP contribution >= 0.6 is 0 Å². The largest absolute Gasteiger partial charge is 0.480 e. The van der Waals surface area contributed by atoms with E-state index in [-0.39, 0.29) is 6.04 Å². The highest BCUT2D eigenvalue weighted by atomic mass is 16.4. The summed E-state index contributed by atoms with van der Waals surface area (Å²) in [6.07, 6.45) is 1.74. The molecule has 0 amide bonds. The number of likely N-dealkylation sites (N-methyl/N-ethyl adjacent to an activating group) is 1. The van der Waals surface area contributed by atoms with Crippen LogP contribution in [-0.2, 0) is 4.79 Å². The fourth-order valence-corrected chi connectivity index (χ4v) is 2.40. The molecule has 4 heteroatoms. The molecule has 2 atom stereocenters. The van der Waals surface area contributed by atoms with Crippen LogP contribution in [0.25, 0.3) is 0 Å². The molecule has 0 bridgehead atoms. The van der Waals surface area contributed by atoms with Gasteiger partial charge < -0.3 is 10.0 Å². The van der Waals surface area contributed by atoms with Crippen LogP contribution in [0.4, 0.5) is 0 Å². The van der Waals surface area contributed by atoms with Gasteiger partial charge in [-0.15, -0.1) is 0 Å². The molecule has 0 aromatic carbocycles. The van der Waals surface area contributed by atoms with E-state index in [4.69, 9.17) is 5.11 Å². The van der Waals surface area contributed by atoms with Gasteiger partial charge in [-0.2, -0.15) is 0 Å². The summed E-state index contributed by atoms with van der Waals surface area (Å²) in [7, 11) is 2.10. The average molecular weight is 214 g/mol. The first kappa shape index (κ1) is 12.5. The van der Waals surface area contributed by atoms with Gasteiger partial charge in [-0.05, 0) is 33.4 Å². The molecule has 1 fully saturated rings. The van der Waals surface area contributed by atoms with E-state index in [1.165, 1.54) is 0 Å². The molecule has 2 unspecified atom stereocenters. The molecule has 1 heterocycles. The Hall–Kier alpha value is -0.610. The van der Waals surface area contributed by atoms with E-state index < -0.39 is 5.97 Å². The van der Waals surface area contributed by atoms with Gasteiger partial charge in [0.15, 0.2) is 0 Å². The van der Waals surface area contributed by atoms with Gasteiger partial charge in [-0.3, -0.25) is 9.69 Å². The average Bonchev–Trinajstić information content (AvgIpc) is 2.29. The maximum atomic E-state index is 11.1. The Morgan fingerprint density at radius 3 is 2.73 bits per heavy atom. The van der Waals surface area contributed by atoms with Crippen molar-refractivity contribution in [2.75, 3.05) is 26.7 Å². The predicted molar refractivity (Wildman–Crippen MR) is 60.0 cm³/mol. The van der Waals surface area contributed by atoms with E-state index in [0.29, 0.717) is 12.5 Å². The lowest BCUT2D eigenvalue weighted by atomic mass is 10.1. The van der Waals surface area contributed by atoms with Crippen molar-refractivity contribution < 1.29 is 9.90 Å². The van der Waals surface area contributed by atoms with E-state index >= 15 is 0 Å². The molecule has 0 aliphatic carbocycles. The van der Waals surface area contributed by atoms with E-state index in [1.54, 1.807) is 0 Å². The molecule has 1 aliphatic heterocycles. The van der Waals surface area contributed by atoms with Crippen molar-refractivity contribution in [3.05, 3.63) is 0 Å². The molecule has 0 spiro atoms. The Bertz CT molecular complexity index is 221. The van der Waals surface area contributed by atoms with Gasteiger partial charge in [0.25, 0.3) is 0 Å². The number of carboxylic acids is 1. The molecule has 1 aliphatic rings. The zero-order valence-corrected chi connectivity index (χ0v) is 9.94. The molecule has 88 valence electrons. The van der Waals surface area contributed by atoms with E-state index in [2.05, 4.69) is 23.8 Å². The fourth-order valence-electron chi connectivity index (χ4n) is 2.40. The molecule has 1 rings (SSSR count). The maximum absolute atomic E-state index is 11.1. The van der Waals surface area contributed by atoms with Gasteiger partial charge in [0, 0.05) is 19.1 Å². The molecular weight excluding hydrogens is 192 g/mol. The predicted octanol–water partition coefficient (Wildman–Crippen LogP) is 0.876. The Balaban J connectivity index is 2.69. The second-order valence-electron chi connectivity index (χ2n) is 4.46. The summed E-state index contributed by atoms with van der Waals surface area (Å²) in [4.78, 5) is 15.5. The number of carbonyl (C=O) groups is 1. The molecule has 0 radical (unpaired) electrons. The summed E-state index contributed by atoms with van der Waals surface area (Å²) < 4.78 is 0. The fraction of sp³-hybridized carbons (Fsp3) is 0.909. The first-order valence-corrected chi connectivity index (χ1v) is 5.73. The molecule has 0 aromatic heterocycles. The summed E-state index contributed by atoms with van der Waals surface area (Å²) in [6, 6.07) is 0.0186. The Morgan fingerprint density at radius 1 is 1.53 bits per heavy atom. The molecule has 0 aromatic rings. The van der Waals surface area contributed by atoms with Crippen LogP contribution < -0.4 is 0 Å². The van der Waals surface area contributed by atoms with Crippen LogP contribution in [0.15, 0.2) is 0 Å². The highest BCUT2D eigenvalue weighted by molar-refractivity contribution is 5.73. The van der Waals surface area contributed by atoms with Crippen LogP contribution in [0.2, 0.25) is 0 Å². The van der Waals surface area contributed by atoms with Crippen molar-refractivity contribution >= 4 is 5.97 Å². The van der Waals surface area contributed by atoms with Gasteiger partial charge >= 0.3 is 5.97 Å². The van der Waals surface area contributed by atoms with Crippen LogP contribution in [0.5, 0.6) is 0 Å². The summed E-state index contributed by atoms with van der Waals surface area (Å²) in [6.45, 7) is 6.99. The smallest absolute Gasteiger partial charge is 0.320 e. The summed E-state index contributed by atoms with van der Waals surface area (Å²) in [5.41, 5.74) is 0. The van der Waals surface area contributed by atoms with Crippen molar-refractivity contribution in [1.82, 2.24) is 9.80 Å². The second-order valence-corrected chi connectivity index (χ2v) is 4.46. The zero-order valence-electron chi connectivity index (χ0n) is 9.94. The third-order valence-corrected chi connectivity index (χ3v) is 3.17. The Kier molecular flexibility index (Phi) is 4.54. The van der Waals surface area contributed by atoms with Crippen LogP contribution in [-0.4, -0.2) is 59.6 Å². The third kappa shape index (κ3) is 3.18. The lowest BCUT2D eigenvalue weighted by Gasteiger charge is -2.32. The lowest BCUT2D eigenvalue weighted by Crippen LogP contribution is -2.48. The first-order valence-electron chi connectivity index (χ1n) is 5.73. The normalized spacial score (nSPS) is 27.3. The third-order valence-electron chi connectivity index (χ3n) is 3.17. The monoisotopic (exact) mass is 214 g/mol. The zero-order chi connectivity index (χ0) is 11.4. The first-order chi connectivity index (χ1) is 7.06. The van der Waals surface area contributed by atoms with E-state index in [1.807, 2.05) is 6.92 Å². The number of aliphatic carboxylic acids is 1. The molecular formula is C11H22N2O2. The highest BCUT2D eigenvalue weighted by Crippen LogP contribution is 2.14. The number of rotatable bonds is 3.